The lowest BCUT2D eigenvalue weighted by Crippen LogP contribution is -2.22. The Kier molecular flexibility index (Phi) is 4.08. The molecular formula is C17H21NOS. The van der Waals surface area contributed by atoms with Gasteiger partial charge in [-0.1, -0.05) is 19.1 Å². The molecule has 1 N–H and O–H groups in total. The molecule has 1 aliphatic rings. The number of hydrogen-bond donors (Lipinski definition) is 1. The van der Waals surface area contributed by atoms with E-state index in [2.05, 4.69) is 54.2 Å². The van der Waals surface area contributed by atoms with E-state index in [4.69, 9.17) is 4.74 Å². The van der Waals surface area contributed by atoms with Crippen molar-refractivity contribution in [3.05, 3.63) is 51.7 Å². The highest BCUT2D eigenvalue weighted by Gasteiger charge is 2.21. The molecule has 0 fully saturated rings. The third-order valence-electron chi connectivity index (χ3n) is 3.73. The van der Waals surface area contributed by atoms with Crippen LogP contribution >= 0.6 is 11.3 Å². The van der Waals surface area contributed by atoms with Crippen molar-refractivity contribution in [1.82, 2.24) is 5.32 Å². The molecule has 106 valence electrons. The van der Waals surface area contributed by atoms with Gasteiger partial charge in [-0.2, -0.15) is 11.3 Å². The first kappa shape index (κ1) is 13.7. The molecule has 0 radical (unpaired) electrons. The van der Waals surface area contributed by atoms with E-state index >= 15 is 0 Å². The molecule has 1 aromatic heterocycles. The SMILES string of the molecule is CCCNC(c1ccsc1)c1ccc2c(c1)CC(C)O2. The van der Waals surface area contributed by atoms with E-state index in [1.807, 2.05) is 0 Å². The molecule has 1 aliphatic heterocycles. The Bertz CT molecular complexity index is 564. The number of benzene rings is 1. The summed E-state index contributed by atoms with van der Waals surface area (Å²) < 4.78 is 5.80. The van der Waals surface area contributed by atoms with E-state index in [9.17, 15) is 0 Å². The van der Waals surface area contributed by atoms with Gasteiger partial charge in [0, 0.05) is 6.42 Å². The fraction of sp³-hybridized carbons (Fsp3) is 0.412. The standard InChI is InChI=1S/C17H21NOS/c1-3-7-18-17(14-6-8-20-11-14)13-4-5-16-15(10-13)9-12(2)19-16/h4-6,8,10-12,17-18H,3,7,9H2,1-2H3. The fourth-order valence-electron chi connectivity index (χ4n) is 2.78. The van der Waals surface area contributed by atoms with Crippen LogP contribution in [0, 0.1) is 0 Å². The monoisotopic (exact) mass is 287 g/mol. The molecule has 0 aliphatic carbocycles. The van der Waals surface area contributed by atoms with E-state index in [1.165, 1.54) is 16.7 Å². The minimum absolute atomic E-state index is 0.294. The van der Waals surface area contributed by atoms with Gasteiger partial charge in [0.15, 0.2) is 0 Å². The van der Waals surface area contributed by atoms with Crippen LogP contribution in [-0.4, -0.2) is 12.6 Å². The minimum Gasteiger partial charge on any atom is -0.490 e. The van der Waals surface area contributed by atoms with Crippen LogP contribution in [0.15, 0.2) is 35.0 Å². The first-order valence-electron chi connectivity index (χ1n) is 7.33. The minimum atomic E-state index is 0.294. The van der Waals surface area contributed by atoms with Gasteiger partial charge in [-0.15, -0.1) is 0 Å². The van der Waals surface area contributed by atoms with Crippen molar-refractivity contribution in [2.24, 2.45) is 0 Å². The number of hydrogen-bond acceptors (Lipinski definition) is 3. The van der Waals surface area contributed by atoms with Crippen molar-refractivity contribution in [2.45, 2.75) is 38.8 Å². The second-order valence-corrected chi connectivity index (χ2v) is 6.22. The van der Waals surface area contributed by atoms with Gasteiger partial charge < -0.3 is 10.1 Å². The third-order valence-corrected chi connectivity index (χ3v) is 4.43. The lowest BCUT2D eigenvalue weighted by Gasteiger charge is -2.19. The molecule has 20 heavy (non-hydrogen) atoms. The zero-order chi connectivity index (χ0) is 13.9. The maximum absolute atomic E-state index is 5.80. The molecule has 1 aromatic carbocycles. The second kappa shape index (κ2) is 5.98. The topological polar surface area (TPSA) is 21.3 Å². The summed E-state index contributed by atoms with van der Waals surface area (Å²) in [5, 5.41) is 8.04. The van der Waals surface area contributed by atoms with Gasteiger partial charge in [-0.25, -0.2) is 0 Å². The lowest BCUT2D eigenvalue weighted by molar-refractivity contribution is 0.254. The zero-order valence-electron chi connectivity index (χ0n) is 12.1. The largest absolute Gasteiger partial charge is 0.490 e. The lowest BCUT2D eigenvalue weighted by atomic mass is 9.98. The number of thiophene rings is 1. The number of nitrogens with one attached hydrogen (secondary N) is 1. The Balaban J connectivity index is 1.90. The smallest absolute Gasteiger partial charge is 0.123 e. The molecule has 0 saturated carbocycles. The normalized spacial score (nSPS) is 18.6. The molecule has 2 heterocycles. The van der Waals surface area contributed by atoms with Crippen molar-refractivity contribution in [1.29, 1.82) is 0 Å². The van der Waals surface area contributed by atoms with E-state index in [0.717, 1.165) is 25.1 Å². The molecule has 2 atom stereocenters. The van der Waals surface area contributed by atoms with Crippen LogP contribution in [0.4, 0.5) is 0 Å². The highest BCUT2D eigenvalue weighted by molar-refractivity contribution is 7.08. The maximum Gasteiger partial charge on any atom is 0.123 e. The van der Waals surface area contributed by atoms with Gasteiger partial charge in [0.25, 0.3) is 0 Å². The van der Waals surface area contributed by atoms with Gasteiger partial charge in [0.1, 0.15) is 11.9 Å². The van der Waals surface area contributed by atoms with Crippen molar-refractivity contribution in [3.8, 4) is 5.75 Å². The molecule has 2 nitrogen and oxygen atoms in total. The highest BCUT2D eigenvalue weighted by atomic mass is 32.1. The fourth-order valence-corrected chi connectivity index (χ4v) is 3.46. The third kappa shape index (κ3) is 2.74. The van der Waals surface area contributed by atoms with Crippen molar-refractivity contribution in [3.63, 3.8) is 0 Å². The number of ether oxygens (including phenoxy) is 1. The summed E-state index contributed by atoms with van der Waals surface area (Å²) in [5.74, 6) is 1.06. The Hall–Kier alpha value is -1.32. The average Bonchev–Trinajstić information content (AvgIpc) is 3.07. The van der Waals surface area contributed by atoms with Gasteiger partial charge in [-0.05, 0) is 59.5 Å². The molecule has 2 aromatic rings. The Morgan fingerprint density at radius 1 is 1.35 bits per heavy atom. The van der Waals surface area contributed by atoms with E-state index < -0.39 is 0 Å². The molecule has 0 spiro atoms. The molecule has 3 rings (SSSR count). The summed E-state index contributed by atoms with van der Waals surface area (Å²) in [5.41, 5.74) is 4.04. The molecular weight excluding hydrogens is 266 g/mol. The van der Waals surface area contributed by atoms with Crippen molar-refractivity contribution < 1.29 is 4.74 Å². The quantitative estimate of drug-likeness (QED) is 0.891. The molecule has 0 bridgehead atoms. The van der Waals surface area contributed by atoms with Crippen LogP contribution in [0.1, 0.15) is 43.0 Å². The first-order valence-corrected chi connectivity index (χ1v) is 8.27. The van der Waals surface area contributed by atoms with Crippen molar-refractivity contribution >= 4 is 11.3 Å². The number of fused-ring (bicyclic) bond motifs is 1. The van der Waals surface area contributed by atoms with Crippen LogP contribution in [-0.2, 0) is 6.42 Å². The second-order valence-electron chi connectivity index (χ2n) is 5.44. The van der Waals surface area contributed by atoms with E-state index in [-0.39, 0.29) is 0 Å². The predicted octanol–water partition coefficient (Wildman–Crippen LogP) is 4.16. The maximum atomic E-state index is 5.80. The van der Waals surface area contributed by atoms with Crippen LogP contribution in [0.5, 0.6) is 5.75 Å². The van der Waals surface area contributed by atoms with E-state index in [1.54, 1.807) is 11.3 Å². The van der Waals surface area contributed by atoms with Crippen LogP contribution < -0.4 is 10.1 Å². The molecule has 3 heteroatoms. The van der Waals surface area contributed by atoms with Crippen LogP contribution in [0.25, 0.3) is 0 Å². The average molecular weight is 287 g/mol. The van der Waals surface area contributed by atoms with Gasteiger partial charge in [0.05, 0.1) is 6.04 Å². The molecule has 2 unspecified atom stereocenters. The van der Waals surface area contributed by atoms with E-state index in [0.29, 0.717) is 12.1 Å². The summed E-state index contributed by atoms with van der Waals surface area (Å²) in [6.45, 7) is 5.37. The summed E-state index contributed by atoms with van der Waals surface area (Å²) in [7, 11) is 0. The van der Waals surface area contributed by atoms with Crippen molar-refractivity contribution in [2.75, 3.05) is 6.54 Å². The van der Waals surface area contributed by atoms with Gasteiger partial charge in [0.2, 0.25) is 0 Å². The summed E-state index contributed by atoms with van der Waals surface area (Å²) in [6, 6.07) is 9.14. The number of rotatable bonds is 5. The Morgan fingerprint density at radius 2 is 2.25 bits per heavy atom. The highest BCUT2D eigenvalue weighted by Crippen LogP contribution is 2.33. The summed E-state index contributed by atoms with van der Waals surface area (Å²) in [6.07, 6.45) is 2.47. The molecule has 0 amide bonds. The van der Waals surface area contributed by atoms with Crippen LogP contribution in [0.3, 0.4) is 0 Å². The predicted molar refractivity (Wildman–Crippen MR) is 84.7 cm³/mol. The first-order chi connectivity index (χ1) is 9.78. The zero-order valence-corrected chi connectivity index (χ0v) is 12.9. The Labute approximate surface area is 124 Å². The summed E-state index contributed by atoms with van der Waals surface area (Å²) >= 11 is 1.76. The van der Waals surface area contributed by atoms with Gasteiger partial charge in [-0.3, -0.25) is 0 Å². The Morgan fingerprint density at radius 3 is 3.00 bits per heavy atom. The van der Waals surface area contributed by atoms with Crippen LogP contribution in [0.2, 0.25) is 0 Å². The summed E-state index contributed by atoms with van der Waals surface area (Å²) in [4.78, 5) is 0. The molecule has 0 saturated heterocycles. The van der Waals surface area contributed by atoms with Gasteiger partial charge >= 0.3 is 0 Å².